The third-order valence-electron chi connectivity index (χ3n) is 4.82. The molecule has 0 radical (unpaired) electrons. The average Bonchev–Trinajstić information content (AvgIpc) is 2.98. The van der Waals surface area contributed by atoms with Crippen molar-refractivity contribution in [2.24, 2.45) is 0 Å². The highest BCUT2D eigenvalue weighted by Crippen LogP contribution is 2.30. The van der Waals surface area contributed by atoms with Crippen LogP contribution in [0.1, 0.15) is 16.1 Å². The number of carbonyl (C=O) groups is 1. The Kier molecular flexibility index (Phi) is 5.51. The summed E-state index contributed by atoms with van der Waals surface area (Å²) in [6.07, 6.45) is -4.99. The molecule has 8 nitrogen and oxygen atoms in total. The van der Waals surface area contributed by atoms with Crippen LogP contribution in [0.5, 0.6) is 11.6 Å². The zero-order valence-corrected chi connectivity index (χ0v) is 17.0. The lowest BCUT2D eigenvalue weighted by Crippen LogP contribution is -2.42. The minimum atomic E-state index is -4.49. The molecule has 0 unspecified atom stereocenters. The van der Waals surface area contributed by atoms with Gasteiger partial charge in [-0.15, -0.1) is 0 Å². The largest absolute Gasteiger partial charge is 0.439 e. The first-order valence-electron chi connectivity index (χ1n) is 9.31. The van der Waals surface area contributed by atoms with E-state index in [9.17, 15) is 31.5 Å². The Bertz CT molecular complexity index is 1280. The number of nitrogens with zero attached hydrogens (tertiary/aromatic N) is 2. The van der Waals surface area contributed by atoms with E-state index in [2.05, 4.69) is 15.3 Å². The number of nitrogens with one attached hydrogen (secondary N) is 1. The van der Waals surface area contributed by atoms with Crippen LogP contribution < -0.4 is 10.1 Å². The lowest BCUT2D eigenvalue weighted by Gasteiger charge is -2.14. The zero-order chi connectivity index (χ0) is 23.1. The van der Waals surface area contributed by atoms with Crippen LogP contribution in [0, 0.1) is 0 Å². The first-order valence-corrected chi connectivity index (χ1v) is 11.1. The van der Waals surface area contributed by atoms with Gasteiger partial charge in [0.05, 0.1) is 34.7 Å². The van der Waals surface area contributed by atoms with Gasteiger partial charge < -0.3 is 15.2 Å². The summed E-state index contributed by atoms with van der Waals surface area (Å²) in [7, 11) is -3.41. The van der Waals surface area contributed by atoms with Crippen molar-refractivity contribution >= 4 is 26.6 Å². The van der Waals surface area contributed by atoms with Gasteiger partial charge in [-0.05, 0) is 30.3 Å². The zero-order valence-electron chi connectivity index (χ0n) is 16.2. The summed E-state index contributed by atoms with van der Waals surface area (Å²) in [4.78, 5) is 20.3. The van der Waals surface area contributed by atoms with Crippen molar-refractivity contribution in [2.75, 3.05) is 11.5 Å². The number of benzene rings is 1. The van der Waals surface area contributed by atoms with E-state index in [1.54, 1.807) is 18.2 Å². The van der Waals surface area contributed by atoms with Gasteiger partial charge in [0.15, 0.2) is 9.84 Å². The van der Waals surface area contributed by atoms with Gasteiger partial charge in [-0.25, -0.2) is 18.4 Å². The fourth-order valence-electron chi connectivity index (χ4n) is 3.23. The number of alkyl halides is 3. The van der Waals surface area contributed by atoms with E-state index in [0.717, 1.165) is 12.1 Å². The number of aliphatic hydroxyl groups is 1. The first kappa shape index (κ1) is 22.0. The molecule has 1 aromatic carbocycles. The van der Waals surface area contributed by atoms with Crippen LogP contribution in [-0.4, -0.2) is 53.1 Å². The molecule has 0 aliphatic carbocycles. The van der Waals surface area contributed by atoms with Gasteiger partial charge in [0.2, 0.25) is 5.88 Å². The number of fused-ring (bicyclic) bond motifs is 1. The maximum Gasteiger partial charge on any atom is 0.417 e. The van der Waals surface area contributed by atoms with E-state index in [4.69, 9.17) is 4.74 Å². The molecular weight excluding hydrogens is 451 g/mol. The molecule has 0 bridgehead atoms. The second-order valence-corrected chi connectivity index (χ2v) is 9.41. The molecule has 2 N–H and O–H groups in total. The van der Waals surface area contributed by atoms with E-state index in [0.29, 0.717) is 22.8 Å². The maximum absolute atomic E-state index is 12.6. The van der Waals surface area contributed by atoms with E-state index in [1.807, 2.05) is 0 Å². The lowest BCUT2D eigenvalue weighted by molar-refractivity contribution is -0.137. The number of ether oxygens (including phenoxy) is 1. The van der Waals surface area contributed by atoms with Gasteiger partial charge >= 0.3 is 6.18 Å². The molecular formula is C20H16F3N3O5S. The van der Waals surface area contributed by atoms with Gasteiger partial charge in [0, 0.05) is 17.6 Å². The average molecular weight is 467 g/mol. The number of amides is 1. The molecule has 4 rings (SSSR count). The van der Waals surface area contributed by atoms with Crippen molar-refractivity contribution in [3.8, 4) is 11.6 Å². The number of sulfone groups is 1. The number of aliphatic hydroxyl groups excluding tert-OH is 1. The second-order valence-electron chi connectivity index (χ2n) is 7.26. The lowest BCUT2D eigenvalue weighted by atomic mass is 10.1. The van der Waals surface area contributed by atoms with Crippen molar-refractivity contribution in [3.05, 3.63) is 59.9 Å². The fraction of sp³-hybridized carbons (Fsp3) is 0.250. The molecule has 3 aromatic rings. The van der Waals surface area contributed by atoms with Crippen LogP contribution in [0.3, 0.4) is 0 Å². The smallest absolute Gasteiger partial charge is 0.417 e. The summed E-state index contributed by atoms with van der Waals surface area (Å²) >= 11 is 0. The highest BCUT2D eigenvalue weighted by Gasteiger charge is 2.37. The predicted molar refractivity (Wildman–Crippen MR) is 107 cm³/mol. The Hall–Kier alpha value is -3.25. The van der Waals surface area contributed by atoms with Crippen molar-refractivity contribution in [1.29, 1.82) is 0 Å². The summed E-state index contributed by atoms with van der Waals surface area (Å²) < 4.78 is 66.5. The Morgan fingerprint density at radius 3 is 2.53 bits per heavy atom. The first-order chi connectivity index (χ1) is 15.0. The number of aromatic nitrogens is 2. The number of hydrogen-bond donors (Lipinski definition) is 2. The summed E-state index contributed by atoms with van der Waals surface area (Å²) in [6.45, 7) is 0. The van der Waals surface area contributed by atoms with Gasteiger partial charge in [-0.3, -0.25) is 4.79 Å². The minimum absolute atomic E-state index is 0.0219. The molecule has 1 amide bonds. The fourth-order valence-corrected chi connectivity index (χ4v) is 4.97. The Labute approximate surface area is 180 Å². The summed E-state index contributed by atoms with van der Waals surface area (Å²) in [5, 5.41) is 12.9. The monoisotopic (exact) mass is 467 g/mol. The Morgan fingerprint density at radius 2 is 1.91 bits per heavy atom. The minimum Gasteiger partial charge on any atom is -0.439 e. The molecule has 1 aliphatic heterocycles. The van der Waals surface area contributed by atoms with Crippen molar-refractivity contribution < 1.29 is 36.2 Å². The third-order valence-corrected chi connectivity index (χ3v) is 6.53. The third kappa shape index (κ3) is 4.81. The van der Waals surface area contributed by atoms with Crippen LogP contribution in [0.4, 0.5) is 13.2 Å². The molecule has 168 valence electrons. The number of carbonyl (C=O) groups excluding carboxylic acids is 1. The molecule has 1 saturated heterocycles. The van der Waals surface area contributed by atoms with E-state index < -0.39 is 45.4 Å². The van der Waals surface area contributed by atoms with Crippen LogP contribution in [0.25, 0.3) is 10.9 Å². The van der Waals surface area contributed by atoms with E-state index in [-0.39, 0.29) is 17.3 Å². The number of pyridine rings is 2. The molecule has 32 heavy (non-hydrogen) atoms. The van der Waals surface area contributed by atoms with E-state index >= 15 is 0 Å². The molecule has 1 aliphatic rings. The van der Waals surface area contributed by atoms with E-state index in [1.165, 1.54) is 12.1 Å². The van der Waals surface area contributed by atoms with Gasteiger partial charge in [-0.1, -0.05) is 6.07 Å². The molecule has 2 aromatic heterocycles. The number of halogens is 3. The number of hydrogen-bond acceptors (Lipinski definition) is 7. The maximum atomic E-state index is 12.6. The highest BCUT2D eigenvalue weighted by molar-refractivity contribution is 7.91. The molecule has 0 spiro atoms. The van der Waals surface area contributed by atoms with Crippen molar-refractivity contribution in [2.45, 2.75) is 18.3 Å². The Morgan fingerprint density at radius 1 is 1.12 bits per heavy atom. The summed E-state index contributed by atoms with van der Waals surface area (Å²) in [5.41, 5.74) is -0.418. The predicted octanol–water partition coefficient (Wildman–Crippen LogP) is 2.33. The number of rotatable bonds is 4. The van der Waals surface area contributed by atoms with Gasteiger partial charge in [0.25, 0.3) is 5.91 Å². The molecule has 2 atom stereocenters. The van der Waals surface area contributed by atoms with Crippen LogP contribution in [0.2, 0.25) is 0 Å². The van der Waals surface area contributed by atoms with Crippen molar-refractivity contribution in [1.82, 2.24) is 15.3 Å². The van der Waals surface area contributed by atoms with Gasteiger partial charge in [0.1, 0.15) is 11.4 Å². The highest BCUT2D eigenvalue weighted by atomic mass is 32.2. The molecule has 3 heterocycles. The molecule has 1 fully saturated rings. The summed E-state index contributed by atoms with van der Waals surface area (Å²) in [5.74, 6) is -1.08. The summed E-state index contributed by atoms with van der Waals surface area (Å²) in [6, 6.07) is 8.73. The van der Waals surface area contributed by atoms with Gasteiger partial charge in [-0.2, -0.15) is 13.2 Å². The normalized spacial score (nSPS) is 20.2. The van der Waals surface area contributed by atoms with Crippen LogP contribution >= 0.6 is 0 Å². The second kappa shape index (κ2) is 8.02. The standard InChI is InChI=1S/C20H16F3N3O5S/c21-20(22,23)12-2-6-18(24-8-12)31-13-3-5-14-11(7-13)1-4-15(25-14)19(28)26-16-9-32(29,30)10-17(16)27/h1-8,16-17,27H,9-10H2,(H,26,28)/t16-,17-/m0/s1. The SMILES string of the molecule is O=C(N[C@H]1CS(=O)(=O)C[C@@H]1O)c1ccc2cc(Oc3ccc(C(F)(F)F)cn3)ccc2n1. The quantitative estimate of drug-likeness (QED) is 0.605. The molecule has 12 heteroatoms. The van der Waals surface area contributed by atoms with Crippen LogP contribution in [0.15, 0.2) is 48.7 Å². The topological polar surface area (TPSA) is 118 Å². The Balaban J connectivity index is 1.48. The van der Waals surface area contributed by atoms with Crippen molar-refractivity contribution in [3.63, 3.8) is 0 Å². The molecule has 0 saturated carbocycles. The van der Waals surface area contributed by atoms with Crippen LogP contribution in [-0.2, 0) is 16.0 Å².